The van der Waals surface area contributed by atoms with Gasteiger partial charge in [-0.25, -0.2) is 0 Å². The summed E-state index contributed by atoms with van der Waals surface area (Å²) >= 11 is 3.65. The number of fused-ring (bicyclic) bond motifs is 1. The third kappa shape index (κ3) is 8.05. The van der Waals surface area contributed by atoms with Gasteiger partial charge in [0.05, 0.1) is 11.6 Å². The van der Waals surface area contributed by atoms with Gasteiger partial charge in [-0.15, -0.1) is 12.4 Å². The van der Waals surface area contributed by atoms with Crippen LogP contribution in [-0.4, -0.2) is 26.9 Å². The van der Waals surface area contributed by atoms with E-state index < -0.39 is 0 Å². The van der Waals surface area contributed by atoms with Gasteiger partial charge in [0, 0.05) is 6.54 Å². The van der Waals surface area contributed by atoms with Crippen molar-refractivity contribution in [3.8, 4) is 23.0 Å². The Morgan fingerprint density at radius 3 is 2.47 bits per heavy atom. The summed E-state index contributed by atoms with van der Waals surface area (Å²) in [5, 5.41) is 3.53. The highest BCUT2D eigenvalue weighted by Gasteiger charge is 2.15. The van der Waals surface area contributed by atoms with Crippen molar-refractivity contribution in [2.45, 2.75) is 58.6 Å². The molecule has 5 nitrogen and oxygen atoms in total. The predicted molar refractivity (Wildman–Crippen MR) is 135 cm³/mol. The molecule has 1 aliphatic rings. The highest BCUT2D eigenvalue weighted by molar-refractivity contribution is 9.10. The Hall–Kier alpha value is -1.63. The molecule has 0 saturated carbocycles. The molecule has 178 valence electrons. The number of ether oxygens (including phenoxy) is 4. The Kier molecular flexibility index (Phi) is 12.1. The van der Waals surface area contributed by atoms with Crippen molar-refractivity contribution in [2.24, 2.45) is 0 Å². The minimum Gasteiger partial charge on any atom is -0.493 e. The van der Waals surface area contributed by atoms with E-state index in [9.17, 15) is 0 Å². The summed E-state index contributed by atoms with van der Waals surface area (Å²) in [5.41, 5.74) is 2.18. The van der Waals surface area contributed by atoms with Gasteiger partial charge in [0.25, 0.3) is 0 Å². The third-order valence-electron chi connectivity index (χ3n) is 5.32. The van der Waals surface area contributed by atoms with E-state index in [4.69, 9.17) is 18.9 Å². The minimum absolute atomic E-state index is 0. The van der Waals surface area contributed by atoms with Crippen molar-refractivity contribution in [3.05, 3.63) is 45.9 Å². The van der Waals surface area contributed by atoms with Gasteiger partial charge in [0.15, 0.2) is 23.0 Å². The fraction of sp³-hybridized carbons (Fsp3) is 0.520. The molecule has 3 rings (SSSR count). The lowest BCUT2D eigenvalue weighted by Gasteiger charge is -2.19. The van der Waals surface area contributed by atoms with E-state index in [1.54, 1.807) is 7.11 Å². The molecule has 0 amide bonds. The van der Waals surface area contributed by atoms with E-state index in [2.05, 4.69) is 34.2 Å². The molecule has 1 heterocycles. The van der Waals surface area contributed by atoms with Crippen LogP contribution in [0.3, 0.4) is 0 Å². The second-order valence-corrected chi connectivity index (χ2v) is 8.67. The number of rotatable bonds is 13. The zero-order valence-electron chi connectivity index (χ0n) is 19.1. The van der Waals surface area contributed by atoms with E-state index in [1.165, 1.54) is 44.1 Å². The van der Waals surface area contributed by atoms with Crippen molar-refractivity contribution >= 4 is 28.3 Å². The van der Waals surface area contributed by atoms with Crippen molar-refractivity contribution in [1.82, 2.24) is 5.32 Å². The maximum atomic E-state index is 6.09. The van der Waals surface area contributed by atoms with E-state index >= 15 is 0 Å². The van der Waals surface area contributed by atoms with Crippen molar-refractivity contribution in [3.63, 3.8) is 0 Å². The molecular weight excluding hydrogens is 494 g/mol. The second-order valence-electron chi connectivity index (χ2n) is 7.82. The smallest absolute Gasteiger partial charge is 0.175 e. The molecule has 0 radical (unpaired) electrons. The number of nitrogens with one attached hydrogen (secondary N) is 1. The van der Waals surface area contributed by atoms with Crippen LogP contribution < -0.4 is 24.3 Å². The zero-order valence-corrected chi connectivity index (χ0v) is 21.5. The van der Waals surface area contributed by atoms with E-state index in [0.29, 0.717) is 25.6 Å². The molecule has 1 aliphatic heterocycles. The molecular formula is C25H35BrClNO4. The van der Waals surface area contributed by atoms with Crippen LogP contribution >= 0.6 is 28.3 Å². The fourth-order valence-electron chi connectivity index (χ4n) is 3.61. The Morgan fingerprint density at radius 1 is 0.938 bits per heavy atom. The van der Waals surface area contributed by atoms with Crippen LogP contribution in [0.2, 0.25) is 0 Å². The summed E-state index contributed by atoms with van der Waals surface area (Å²) in [4.78, 5) is 0. The number of hydrogen-bond donors (Lipinski definition) is 1. The minimum atomic E-state index is 0. The van der Waals surface area contributed by atoms with Crippen LogP contribution in [0.5, 0.6) is 23.0 Å². The molecule has 7 heteroatoms. The molecule has 0 aliphatic carbocycles. The molecule has 0 atom stereocenters. The summed E-state index contributed by atoms with van der Waals surface area (Å²) in [6, 6.07) is 10.0. The number of hydrogen-bond acceptors (Lipinski definition) is 5. The number of methoxy groups -OCH3 is 1. The Labute approximate surface area is 206 Å². The Morgan fingerprint density at radius 2 is 1.69 bits per heavy atom. The summed E-state index contributed by atoms with van der Waals surface area (Å²) in [5.74, 6) is 2.98. The molecule has 0 fully saturated rings. The predicted octanol–water partition coefficient (Wildman–Crippen LogP) is 6.68. The molecule has 0 bridgehead atoms. The topological polar surface area (TPSA) is 49.0 Å². The highest BCUT2D eigenvalue weighted by atomic mass is 79.9. The average molecular weight is 529 g/mol. The molecule has 32 heavy (non-hydrogen) atoms. The van der Waals surface area contributed by atoms with Crippen LogP contribution in [0.4, 0.5) is 0 Å². The Bertz CT molecular complexity index is 834. The number of halogens is 2. The van der Waals surface area contributed by atoms with Crippen molar-refractivity contribution < 1.29 is 18.9 Å². The van der Waals surface area contributed by atoms with E-state index in [1.807, 2.05) is 24.3 Å². The van der Waals surface area contributed by atoms with Gasteiger partial charge in [0.1, 0.15) is 19.8 Å². The van der Waals surface area contributed by atoms with Crippen molar-refractivity contribution in [1.29, 1.82) is 0 Å². The molecule has 1 N–H and O–H groups in total. The lowest BCUT2D eigenvalue weighted by molar-refractivity contribution is 0.171. The van der Waals surface area contributed by atoms with Gasteiger partial charge < -0.3 is 24.3 Å². The maximum absolute atomic E-state index is 6.09. The van der Waals surface area contributed by atoms with Crippen LogP contribution in [0.15, 0.2) is 34.8 Å². The second kappa shape index (κ2) is 14.5. The quantitative estimate of drug-likeness (QED) is 0.294. The van der Waals surface area contributed by atoms with E-state index in [-0.39, 0.29) is 12.4 Å². The first kappa shape index (κ1) is 26.6. The Balaban J connectivity index is 0.00000363. The van der Waals surface area contributed by atoms with Gasteiger partial charge >= 0.3 is 0 Å². The van der Waals surface area contributed by atoms with Crippen LogP contribution in [-0.2, 0) is 13.2 Å². The number of benzene rings is 2. The molecule has 0 unspecified atom stereocenters. The molecule has 0 saturated heterocycles. The standard InChI is InChI=1S/C25H34BrNO4.ClH/c1-3-4-5-6-7-8-11-27-17-20-14-21(26)25(24(16-20)28-2)31-18-19-9-10-22-23(15-19)30-13-12-29-22;/h9-10,14-16,27H,3-8,11-13,17-18H2,1-2H3;1H. The largest absolute Gasteiger partial charge is 0.493 e. The molecule has 2 aromatic rings. The van der Waals surface area contributed by atoms with Crippen LogP contribution in [0, 0.1) is 0 Å². The normalized spacial score (nSPS) is 12.2. The molecule has 0 spiro atoms. The number of unbranched alkanes of at least 4 members (excludes halogenated alkanes) is 5. The summed E-state index contributed by atoms with van der Waals surface area (Å²) < 4.78 is 23.8. The summed E-state index contributed by atoms with van der Waals surface area (Å²) in [6.45, 7) is 5.68. The lowest BCUT2D eigenvalue weighted by Crippen LogP contribution is -2.15. The van der Waals surface area contributed by atoms with Gasteiger partial charge in [-0.3, -0.25) is 0 Å². The van der Waals surface area contributed by atoms with Crippen LogP contribution in [0.25, 0.3) is 0 Å². The summed E-state index contributed by atoms with van der Waals surface area (Å²) in [6.07, 6.45) is 7.86. The fourth-order valence-corrected chi connectivity index (χ4v) is 4.22. The molecule has 0 aromatic heterocycles. The monoisotopic (exact) mass is 527 g/mol. The SMILES string of the molecule is CCCCCCCCNCc1cc(Br)c(OCc2ccc3c(c2)OCCO3)c(OC)c1.Cl. The average Bonchev–Trinajstić information content (AvgIpc) is 2.79. The first-order chi connectivity index (χ1) is 15.2. The van der Waals surface area contributed by atoms with Crippen LogP contribution in [0.1, 0.15) is 56.6 Å². The molecule has 2 aromatic carbocycles. The highest BCUT2D eigenvalue weighted by Crippen LogP contribution is 2.38. The summed E-state index contributed by atoms with van der Waals surface area (Å²) in [7, 11) is 1.67. The van der Waals surface area contributed by atoms with Gasteiger partial charge in [-0.05, 0) is 64.3 Å². The van der Waals surface area contributed by atoms with Gasteiger partial charge in [0.2, 0.25) is 0 Å². The first-order valence-corrected chi connectivity index (χ1v) is 12.1. The zero-order chi connectivity index (χ0) is 21.9. The van der Waals surface area contributed by atoms with Crippen molar-refractivity contribution in [2.75, 3.05) is 26.9 Å². The third-order valence-corrected chi connectivity index (χ3v) is 5.90. The van der Waals surface area contributed by atoms with Gasteiger partial charge in [-0.2, -0.15) is 0 Å². The first-order valence-electron chi connectivity index (χ1n) is 11.3. The maximum Gasteiger partial charge on any atom is 0.175 e. The lowest BCUT2D eigenvalue weighted by atomic mass is 10.1. The van der Waals surface area contributed by atoms with E-state index in [0.717, 1.165) is 40.4 Å². The van der Waals surface area contributed by atoms with Gasteiger partial charge in [-0.1, -0.05) is 45.1 Å².